The van der Waals surface area contributed by atoms with Gasteiger partial charge in [0.1, 0.15) is 6.61 Å². The third-order valence-corrected chi connectivity index (χ3v) is 3.77. The lowest BCUT2D eigenvalue weighted by molar-refractivity contribution is -0.120. The lowest BCUT2D eigenvalue weighted by Crippen LogP contribution is -2.34. The second-order valence-corrected chi connectivity index (χ2v) is 6.00. The number of ether oxygens (including phenoxy) is 1. The van der Waals surface area contributed by atoms with E-state index in [0.29, 0.717) is 11.4 Å². The van der Waals surface area contributed by atoms with E-state index in [1.807, 2.05) is 44.2 Å². The molecule has 5 nitrogen and oxygen atoms in total. The van der Waals surface area contributed by atoms with E-state index in [1.54, 1.807) is 24.3 Å². The summed E-state index contributed by atoms with van der Waals surface area (Å²) >= 11 is 0. The van der Waals surface area contributed by atoms with Crippen molar-refractivity contribution in [2.75, 3.05) is 24.4 Å². The molecule has 2 aromatic rings. The Morgan fingerprint density at radius 2 is 1.46 bits per heavy atom. The Labute approximate surface area is 142 Å². The molecule has 24 heavy (non-hydrogen) atoms. The van der Waals surface area contributed by atoms with Gasteiger partial charge in [-0.3, -0.25) is 9.59 Å². The Morgan fingerprint density at radius 1 is 0.917 bits per heavy atom. The maximum Gasteiger partial charge on any atom is 0.250 e. The average Bonchev–Trinajstić information content (AvgIpc) is 2.57. The highest BCUT2D eigenvalue weighted by Gasteiger charge is 2.29. The Morgan fingerprint density at radius 3 is 2.00 bits per heavy atom. The minimum absolute atomic E-state index is 0.00372. The summed E-state index contributed by atoms with van der Waals surface area (Å²) in [6.45, 7) is 3.78. The Hall–Kier alpha value is -2.66. The van der Waals surface area contributed by atoms with Crippen molar-refractivity contribution in [1.82, 2.24) is 0 Å². The van der Waals surface area contributed by atoms with E-state index in [0.717, 1.165) is 5.56 Å². The van der Waals surface area contributed by atoms with E-state index in [2.05, 4.69) is 10.6 Å². The second kappa shape index (κ2) is 7.75. The molecule has 0 aromatic heterocycles. The molecule has 0 atom stereocenters. The number of benzene rings is 2. The van der Waals surface area contributed by atoms with Crippen LogP contribution in [-0.4, -0.2) is 25.5 Å². The molecular weight excluding hydrogens is 304 g/mol. The van der Waals surface area contributed by atoms with Gasteiger partial charge >= 0.3 is 0 Å². The van der Waals surface area contributed by atoms with Gasteiger partial charge in [-0.2, -0.15) is 0 Å². The minimum Gasteiger partial charge on any atom is -0.375 e. The van der Waals surface area contributed by atoms with Crippen LogP contribution >= 0.6 is 0 Å². The fourth-order valence-electron chi connectivity index (χ4n) is 2.24. The van der Waals surface area contributed by atoms with E-state index in [9.17, 15) is 9.59 Å². The van der Waals surface area contributed by atoms with E-state index < -0.39 is 5.41 Å². The predicted molar refractivity (Wildman–Crippen MR) is 95.0 cm³/mol. The van der Waals surface area contributed by atoms with Crippen molar-refractivity contribution in [2.24, 2.45) is 0 Å². The number of anilines is 2. The van der Waals surface area contributed by atoms with Gasteiger partial charge in [-0.05, 0) is 43.7 Å². The maximum absolute atomic E-state index is 12.6. The molecular formula is C19H22N2O3. The zero-order valence-corrected chi connectivity index (χ0v) is 14.1. The summed E-state index contributed by atoms with van der Waals surface area (Å²) in [5.74, 6) is -0.315. The van der Waals surface area contributed by atoms with E-state index in [1.165, 1.54) is 7.11 Å². The van der Waals surface area contributed by atoms with Gasteiger partial charge in [0.15, 0.2) is 0 Å². The number of nitrogens with one attached hydrogen (secondary N) is 2. The molecule has 0 radical (unpaired) electrons. The molecule has 0 saturated heterocycles. The molecule has 5 heteroatoms. The number of hydrogen-bond acceptors (Lipinski definition) is 3. The highest BCUT2D eigenvalue weighted by molar-refractivity contribution is 5.99. The molecule has 0 spiro atoms. The fourth-order valence-corrected chi connectivity index (χ4v) is 2.24. The smallest absolute Gasteiger partial charge is 0.250 e. The molecule has 0 aliphatic heterocycles. The van der Waals surface area contributed by atoms with Gasteiger partial charge in [0.2, 0.25) is 11.8 Å². The number of rotatable bonds is 6. The van der Waals surface area contributed by atoms with Gasteiger partial charge in [-0.15, -0.1) is 0 Å². The lowest BCUT2D eigenvalue weighted by atomic mass is 9.83. The van der Waals surface area contributed by atoms with Crippen LogP contribution in [-0.2, 0) is 19.7 Å². The number of carbonyl (C=O) groups is 2. The molecule has 0 heterocycles. The normalized spacial score (nSPS) is 11.0. The third-order valence-electron chi connectivity index (χ3n) is 3.77. The van der Waals surface area contributed by atoms with Crippen LogP contribution in [0, 0.1) is 0 Å². The Bertz CT molecular complexity index is 694. The first-order chi connectivity index (χ1) is 11.4. The molecule has 2 rings (SSSR count). The molecule has 2 amide bonds. The first-order valence-corrected chi connectivity index (χ1v) is 7.69. The number of amides is 2. The van der Waals surface area contributed by atoms with Gasteiger partial charge in [-0.1, -0.05) is 30.3 Å². The zero-order chi connectivity index (χ0) is 17.6. The minimum atomic E-state index is -0.646. The van der Waals surface area contributed by atoms with E-state index in [4.69, 9.17) is 4.74 Å². The van der Waals surface area contributed by atoms with Crippen LogP contribution in [0.4, 0.5) is 11.4 Å². The first-order valence-electron chi connectivity index (χ1n) is 7.69. The second-order valence-electron chi connectivity index (χ2n) is 6.00. The summed E-state index contributed by atoms with van der Waals surface area (Å²) in [6, 6.07) is 16.6. The van der Waals surface area contributed by atoms with Crippen LogP contribution in [0.5, 0.6) is 0 Å². The van der Waals surface area contributed by atoms with Crippen molar-refractivity contribution >= 4 is 23.2 Å². The summed E-state index contributed by atoms with van der Waals surface area (Å²) in [7, 11) is 1.46. The molecule has 126 valence electrons. The molecule has 0 fully saturated rings. The van der Waals surface area contributed by atoms with Crippen molar-refractivity contribution in [1.29, 1.82) is 0 Å². The molecule has 0 saturated carbocycles. The van der Waals surface area contributed by atoms with Crippen molar-refractivity contribution in [3.05, 3.63) is 60.2 Å². The summed E-state index contributed by atoms with van der Waals surface area (Å²) in [5, 5.41) is 5.61. The third kappa shape index (κ3) is 4.43. The van der Waals surface area contributed by atoms with Gasteiger partial charge in [0.25, 0.3) is 0 Å². The monoisotopic (exact) mass is 326 g/mol. The average molecular weight is 326 g/mol. The number of carbonyl (C=O) groups excluding carboxylic acids is 2. The van der Waals surface area contributed by atoms with E-state index >= 15 is 0 Å². The van der Waals surface area contributed by atoms with Crippen LogP contribution < -0.4 is 10.6 Å². The standard InChI is InChI=1S/C19H22N2O3/c1-19(2,14-7-5-4-6-8-14)18(23)21-16-11-9-15(10-12-16)20-17(22)13-24-3/h4-12H,13H2,1-3H3,(H,20,22)(H,21,23). The Balaban J connectivity index is 2.03. The van der Waals surface area contributed by atoms with Gasteiger partial charge in [0, 0.05) is 18.5 Å². The predicted octanol–water partition coefficient (Wildman–Crippen LogP) is 3.19. The SMILES string of the molecule is COCC(=O)Nc1ccc(NC(=O)C(C)(C)c2ccccc2)cc1. The zero-order valence-electron chi connectivity index (χ0n) is 14.1. The lowest BCUT2D eigenvalue weighted by Gasteiger charge is -2.24. The molecule has 0 aliphatic carbocycles. The van der Waals surface area contributed by atoms with E-state index in [-0.39, 0.29) is 18.4 Å². The topological polar surface area (TPSA) is 67.4 Å². The van der Waals surface area contributed by atoms with Crippen molar-refractivity contribution in [2.45, 2.75) is 19.3 Å². The highest BCUT2D eigenvalue weighted by Crippen LogP contribution is 2.25. The number of hydrogen-bond donors (Lipinski definition) is 2. The summed E-state index contributed by atoms with van der Waals surface area (Å²) in [4.78, 5) is 24.0. The summed E-state index contributed by atoms with van der Waals surface area (Å²) in [5.41, 5.74) is 1.63. The van der Waals surface area contributed by atoms with Crippen molar-refractivity contribution < 1.29 is 14.3 Å². The summed E-state index contributed by atoms with van der Waals surface area (Å²) < 4.78 is 4.76. The van der Waals surface area contributed by atoms with Crippen molar-refractivity contribution in [3.8, 4) is 0 Å². The van der Waals surface area contributed by atoms with Crippen LogP contribution in [0.3, 0.4) is 0 Å². The van der Waals surface area contributed by atoms with Crippen LogP contribution in [0.1, 0.15) is 19.4 Å². The molecule has 0 bridgehead atoms. The van der Waals surface area contributed by atoms with Gasteiger partial charge < -0.3 is 15.4 Å². The van der Waals surface area contributed by atoms with Crippen LogP contribution in [0.2, 0.25) is 0 Å². The first kappa shape index (κ1) is 17.7. The van der Waals surface area contributed by atoms with Gasteiger partial charge in [0.05, 0.1) is 5.41 Å². The Kier molecular flexibility index (Phi) is 5.71. The van der Waals surface area contributed by atoms with Crippen molar-refractivity contribution in [3.63, 3.8) is 0 Å². The molecule has 2 N–H and O–H groups in total. The highest BCUT2D eigenvalue weighted by atomic mass is 16.5. The molecule has 0 unspecified atom stereocenters. The van der Waals surface area contributed by atoms with Crippen LogP contribution in [0.15, 0.2) is 54.6 Å². The largest absolute Gasteiger partial charge is 0.375 e. The van der Waals surface area contributed by atoms with Gasteiger partial charge in [-0.25, -0.2) is 0 Å². The molecule has 2 aromatic carbocycles. The number of methoxy groups -OCH3 is 1. The quantitative estimate of drug-likeness (QED) is 0.856. The molecule has 0 aliphatic rings. The summed E-state index contributed by atoms with van der Waals surface area (Å²) in [6.07, 6.45) is 0. The van der Waals surface area contributed by atoms with Crippen LogP contribution in [0.25, 0.3) is 0 Å². The maximum atomic E-state index is 12.6. The fraction of sp³-hybridized carbons (Fsp3) is 0.263.